The number of nitrogens with one attached hydrogen (secondary N) is 1. The van der Waals surface area contributed by atoms with E-state index in [1.165, 1.54) is 0 Å². The van der Waals surface area contributed by atoms with Gasteiger partial charge in [0.2, 0.25) is 5.91 Å². The van der Waals surface area contributed by atoms with Crippen molar-refractivity contribution < 1.29 is 4.79 Å². The molecule has 17 heavy (non-hydrogen) atoms. The Labute approximate surface area is 117 Å². The number of hydrogen-bond donors (Lipinski definition) is 1. The summed E-state index contributed by atoms with van der Waals surface area (Å²) in [4.78, 5) is 13.4. The number of hydrogen-bond acceptors (Lipinski definition) is 2. The molecule has 0 unspecified atom stereocenters. The number of halogens is 2. The molecule has 0 radical (unpaired) electrons. The Hall–Kier alpha value is -0.580. The zero-order valence-corrected chi connectivity index (χ0v) is 12.5. The summed E-state index contributed by atoms with van der Waals surface area (Å²) < 4.78 is 1.04. The minimum atomic E-state index is 0. The van der Waals surface area contributed by atoms with Crippen molar-refractivity contribution in [3.8, 4) is 0 Å². The van der Waals surface area contributed by atoms with Crippen LogP contribution in [0.2, 0.25) is 0 Å². The third-order valence-corrected chi connectivity index (χ3v) is 2.82. The van der Waals surface area contributed by atoms with Crippen LogP contribution in [0.25, 0.3) is 0 Å². The van der Waals surface area contributed by atoms with Crippen LogP contribution in [-0.4, -0.2) is 31.4 Å². The Kier molecular flexibility index (Phi) is 8.21. The first kappa shape index (κ1) is 16.4. The van der Waals surface area contributed by atoms with Gasteiger partial charge in [-0.2, -0.15) is 0 Å². The summed E-state index contributed by atoms with van der Waals surface area (Å²) >= 11 is 3.42. The predicted octanol–water partition coefficient (Wildman–Crippen LogP) is 2.44. The van der Waals surface area contributed by atoms with Crippen LogP contribution in [0.5, 0.6) is 0 Å². The van der Waals surface area contributed by atoms with Gasteiger partial charge in [-0.05, 0) is 24.7 Å². The normalized spacial score (nSPS) is 9.59. The fourth-order valence-corrected chi connectivity index (χ4v) is 1.87. The summed E-state index contributed by atoms with van der Waals surface area (Å²) in [5.41, 5.74) is 1.13. The molecule has 0 fully saturated rings. The van der Waals surface area contributed by atoms with Crippen molar-refractivity contribution in [2.45, 2.75) is 13.0 Å². The number of carbonyl (C=O) groups is 1. The molecule has 0 aromatic heterocycles. The van der Waals surface area contributed by atoms with Gasteiger partial charge in [0.05, 0.1) is 0 Å². The van der Waals surface area contributed by atoms with Gasteiger partial charge in [0.15, 0.2) is 0 Å². The first-order valence-electron chi connectivity index (χ1n) is 5.26. The number of rotatable bonds is 5. The molecule has 5 heteroatoms. The van der Waals surface area contributed by atoms with Crippen molar-refractivity contribution in [3.05, 3.63) is 34.3 Å². The highest BCUT2D eigenvalue weighted by atomic mass is 79.9. The maximum absolute atomic E-state index is 11.7. The SMILES string of the molecule is CNCCC(=O)N(C)Cc1cccc(Br)c1.Cl. The number of benzene rings is 1. The summed E-state index contributed by atoms with van der Waals surface area (Å²) in [6.45, 7) is 1.38. The molecular formula is C12H18BrClN2O. The first-order chi connectivity index (χ1) is 7.63. The zero-order chi connectivity index (χ0) is 12.0. The molecule has 1 aromatic carbocycles. The molecule has 1 aromatic rings. The third kappa shape index (κ3) is 6.05. The molecule has 0 aliphatic carbocycles. The summed E-state index contributed by atoms with van der Waals surface area (Å²) in [5.74, 6) is 0.161. The second-order valence-electron chi connectivity index (χ2n) is 3.73. The zero-order valence-electron chi connectivity index (χ0n) is 10.1. The largest absolute Gasteiger partial charge is 0.341 e. The van der Waals surface area contributed by atoms with Gasteiger partial charge in [-0.25, -0.2) is 0 Å². The highest BCUT2D eigenvalue weighted by molar-refractivity contribution is 9.10. The van der Waals surface area contributed by atoms with Crippen LogP contribution < -0.4 is 5.32 Å². The highest BCUT2D eigenvalue weighted by Crippen LogP contribution is 2.13. The summed E-state index contributed by atoms with van der Waals surface area (Å²) in [7, 11) is 3.68. The van der Waals surface area contributed by atoms with Gasteiger partial charge in [-0.15, -0.1) is 12.4 Å². The van der Waals surface area contributed by atoms with Crippen molar-refractivity contribution in [2.24, 2.45) is 0 Å². The van der Waals surface area contributed by atoms with E-state index in [-0.39, 0.29) is 18.3 Å². The van der Waals surface area contributed by atoms with E-state index in [1.54, 1.807) is 4.90 Å². The quantitative estimate of drug-likeness (QED) is 0.903. The molecule has 96 valence electrons. The smallest absolute Gasteiger partial charge is 0.223 e. The molecule has 0 atom stereocenters. The topological polar surface area (TPSA) is 32.3 Å². The fourth-order valence-electron chi connectivity index (χ4n) is 1.42. The van der Waals surface area contributed by atoms with E-state index in [0.717, 1.165) is 16.6 Å². The minimum Gasteiger partial charge on any atom is -0.341 e. The highest BCUT2D eigenvalue weighted by Gasteiger charge is 2.08. The van der Waals surface area contributed by atoms with Crippen molar-refractivity contribution >= 4 is 34.2 Å². The van der Waals surface area contributed by atoms with Gasteiger partial charge in [0.1, 0.15) is 0 Å². The van der Waals surface area contributed by atoms with Crippen LogP contribution in [0.15, 0.2) is 28.7 Å². The predicted molar refractivity (Wildman–Crippen MR) is 76.4 cm³/mol. The molecule has 3 nitrogen and oxygen atoms in total. The first-order valence-corrected chi connectivity index (χ1v) is 6.06. The van der Waals surface area contributed by atoms with Gasteiger partial charge in [-0.1, -0.05) is 28.1 Å². The van der Waals surface area contributed by atoms with Gasteiger partial charge >= 0.3 is 0 Å². The van der Waals surface area contributed by atoms with Gasteiger partial charge in [0, 0.05) is 31.0 Å². The van der Waals surface area contributed by atoms with Crippen LogP contribution in [0, 0.1) is 0 Å². The maximum Gasteiger partial charge on any atom is 0.223 e. The maximum atomic E-state index is 11.7. The Morgan fingerprint density at radius 3 is 2.76 bits per heavy atom. The van der Waals surface area contributed by atoms with Crippen LogP contribution in [-0.2, 0) is 11.3 Å². The van der Waals surface area contributed by atoms with Gasteiger partial charge < -0.3 is 10.2 Å². The lowest BCUT2D eigenvalue weighted by Gasteiger charge is -2.17. The monoisotopic (exact) mass is 320 g/mol. The summed E-state index contributed by atoms with van der Waals surface area (Å²) in [6, 6.07) is 8.01. The molecule has 0 bridgehead atoms. The molecule has 0 spiro atoms. The van der Waals surface area contributed by atoms with E-state index in [9.17, 15) is 4.79 Å². The standard InChI is InChI=1S/C12H17BrN2O.ClH/c1-14-7-6-12(16)15(2)9-10-4-3-5-11(13)8-10;/h3-5,8,14H,6-7,9H2,1-2H3;1H. The van der Waals surface area contributed by atoms with Crippen molar-refractivity contribution in [1.82, 2.24) is 10.2 Å². The molecule has 1 N–H and O–H groups in total. The molecule has 0 aliphatic rings. The lowest BCUT2D eigenvalue weighted by atomic mass is 10.2. The molecular weight excluding hydrogens is 304 g/mol. The molecule has 1 rings (SSSR count). The Morgan fingerprint density at radius 1 is 1.47 bits per heavy atom. The number of nitrogens with zero attached hydrogens (tertiary/aromatic N) is 1. The third-order valence-electron chi connectivity index (χ3n) is 2.32. The van der Waals surface area contributed by atoms with Crippen LogP contribution >= 0.6 is 28.3 Å². The van der Waals surface area contributed by atoms with Gasteiger partial charge in [0.25, 0.3) is 0 Å². The molecule has 1 amide bonds. The second kappa shape index (κ2) is 8.50. The van der Waals surface area contributed by atoms with E-state index in [1.807, 2.05) is 38.4 Å². The Balaban J connectivity index is 0.00000256. The average Bonchev–Trinajstić information content (AvgIpc) is 2.25. The van der Waals surface area contributed by atoms with E-state index < -0.39 is 0 Å². The second-order valence-corrected chi connectivity index (χ2v) is 4.65. The summed E-state index contributed by atoms with van der Waals surface area (Å²) in [5, 5.41) is 2.97. The number of amides is 1. The van der Waals surface area contributed by atoms with Crippen molar-refractivity contribution in [1.29, 1.82) is 0 Å². The van der Waals surface area contributed by atoms with Crippen LogP contribution in [0.1, 0.15) is 12.0 Å². The molecule has 0 heterocycles. The van der Waals surface area contributed by atoms with Crippen molar-refractivity contribution in [2.75, 3.05) is 20.6 Å². The van der Waals surface area contributed by atoms with E-state index in [2.05, 4.69) is 21.2 Å². The fraction of sp³-hybridized carbons (Fsp3) is 0.417. The summed E-state index contributed by atoms with van der Waals surface area (Å²) in [6.07, 6.45) is 0.543. The lowest BCUT2D eigenvalue weighted by molar-refractivity contribution is -0.130. The molecule has 0 aliphatic heterocycles. The van der Waals surface area contributed by atoms with Crippen molar-refractivity contribution in [3.63, 3.8) is 0 Å². The van der Waals surface area contributed by atoms with Crippen LogP contribution in [0.4, 0.5) is 0 Å². The molecule has 0 saturated carbocycles. The lowest BCUT2D eigenvalue weighted by Crippen LogP contribution is -2.28. The van der Waals surface area contributed by atoms with Crippen LogP contribution in [0.3, 0.4) is 0 Å². The molecule has 0 saturated heterocycles. The van der Waals surface area contributed by atoms with E-state index in [0.29, 0.717) is 13.0 Å². The van der Waals surface area contributed by atoms with Gasteiger partial charge in [-0.3, -0.25) is 4.79 Å². The average molecular weight is 322 g/mol. The Bertz CT molecular complexity index is 360. The number of carbonyl (C=O) groups excluding carboxylic acids is 1. The van der Waals surface area contributed by atoms with E-state index >= 15 is 0 Å². The van der Waals surface area contributed by atoms with E-state index in [4.69, 9.17) is 0 Å². The Morgan fingerprint density at radius 2 is 2.18 bits per heavy atom. The minimum absolute atomic E-state index is 0.